The Bertz CT molecular complexity index is 2580. The Labute approximate surface area is 247 Å². The molecular weight excluding hydrogens is 524 g/mol. The van der Waals surface area contributed by atoms with Gasteiger partial charge in [0.05, 0.1) is 27.8 Å². The summed E-state index contributed by atoms with van der Waals surface area (Å²) >= 11 is 0. The van der Waals surface area contributed by atoms with Crippen LogP contribution >= 0.6 is 0 Å². The number of nitrogens with zero attached hydrogens (tertiary/aromatic N) is 2. The van der Waals surface area contributed by atoms with Crippen molar-refractivity contribution in [1.82, 2.24) is 9.13 Å². The number of ether oxygens (including phenoxy) is 1. The summed E-state index contributed by atoms with van der Waals surface area (Å²) in [6.45, 7) is 0. The molecule has 0 atom stereocenters. The van der Waals surface area contributed by atoms with E-state index in [0.29, 0.717) is 0 Å². The van der Waals surface area contributed by atoms with E-state index in [4.69, 9.17) is 4.74 Å². The molecule has 3 heterocycles. The van der Waals surface area contributed by atoms with Crippen molar-refractivity contribution in [1.29, 1.82) is 0 Å². The van der Waals surface area contributed by atoms with Crippen LogP contribution in [0.5, 0.6) is 11.5 Å². The molecule has 0 amide bonds. The highest BCUT2D eigenvalue weighted by atomic mass is 16.5. The summed E-state index contributed by atoms with van der Waals surface area (Å²) in [5, 5.41) is 7.52. The van der Waals surface area contributed by atoms with Crippen molar-refractivity contribution in [2.24, 2.45) is 0 Å². The van der Waals surface area contributed by atoms with Crippen LogP contribution in [0.25, 0.3) is 76.9 Å². The van der Waals surface area contributed by atoms with E-state index in [0.717, 1.165) is 34.0 Å². The Balaban J connectivity index is 1.15. The van der Waals surface area contributed by atoms with Gasteiger partial charge in [-0.3, -0.25) is 0 Å². The molecule has 1 aliphatic rings. The van der Waals surface area contributed by atoms with E-state index in [1.54, 1.807) is 0 Å². The molecule has 0 aliphatic carbocycles. The van der Waals surface area contributed by atoms with Gasteiger partial charge in [-0.1, -0.05) is 103 Å². The molecule has 200 valence electrons. The zero-order valence-electron chi connectivity index (χ0n) is 23.2. The first kappa shape index (κ1) is 22.8. The van der Waals surface area contributed by atoms with Gasteiger partial charge >= 0.3 is 0 Å². The molecule has 3 nitrogen and oxygen atoms in total. The summed E-state index contributed by atoms with van der Waals surface area (Å²) in [6.07, 6.45) is 0. The second kappa shape index (κ2) is 8.37. The molecule has 0 fully saturated rings. The average molecular weight is 549 g/mol. The number of benzene rings is 7. The number of hydrogen-bond donors (Lipinski definition) is 0. The molecule has 0 radical (unpaired) electrons. The average Bonchev–Trinajstić information content (AvgIpc) is 3.60. The van der Waals surface area contributed by atoms with Gasteiger partial charge in [0.2, 0.25) is 0 Å². The van der Waals surface area contributed by atoms with Gasteiger partial charge in [-0.15, -0.1) is 0 Å². The maximum absolute atomic E-state index is 6.43. The topological polar surface area (TPSA) is 19.1 Å². The summed E-state index contributed by atoms with van der Waals surface area (Å²) in [7, 11) is 0. The van der Waals surface area contributed by atoms with E-state index >= 15 is 0 Å². The standard InChI is InChI=1S/C40H24N2O/c1-2-9-29-26(8-1)18-22-33-31-11-3-5-13-34(31)41(39(29)33)28-20-16-25(17-21-28)27-19-23-37-36(24-27)42-35-14-6-4-10-30(35)32-12-7-15-38(43-37)40(32)42/h1-24H. The Kier molecular flexibility index (Phi) is 4.45. The minimum Gasteiger partial charge on any atom is -0.453 e. The second-order valence-electron chi connectivity index (χ2n) is 11.4. The van der Waals surface area contributed by atoms with E-state index in [-0.39, 0.29) is 0 Å². The fraction of sp³-hybridized carbons (Fsp3) is 0. The van der Waals surface area contributed by atoms with Crippen molar-refractivity contribution in [3.8, 4) is 34.0 Å². The lowest BCUT2D eigenvalue weighted by Crippen LogP contribution is -2.04. The summed E-state index contributed by atoms with van der Waals surface area (Å²) in [4.78, 5) is 0. The van der Waals surface area contributed by atoms with Crippen molar-refractivity contribution >= 4 is 54.4 Å². The van der Waals surface area contributed by atoms with Gasteiger partial charge < -0.3 is 13.9 Å². The lowest BCUT2D eigenvalue weighted by molar-refractivity contribution is 0.476. The summed E-state index contributed by atoms with van der Waals surface area (Å²) in [5.41, 5.74) is 9.34. The van der Waals surface area contributed by atoms with Crippen molar-refractivity contribution in [2.75, 3.05) is 0 Å². The lowest BCUT2D eigenvalue weighted by Gasteiger charge is -2.21. The van der Waals surface area contributed by atoms with Crippen LogP contribution in [0.15, 0.2) is 146 Å². The van der Waals surface area contributed by atoms with Gasteiger partial charge in [0.25, 0.3) is 0 Å². The quantitative estimate of drug-likeness (QED) is 0.210. The fourth-order valence-electron chi connectivity index (χ4n) is 7.20. The van der Waals surface area contributed by atoms with E-state index in [1.165, 1.54) is 54.4 Å². The van der Waals surface area contributed by atoms with Crippen LogP contribution in [0, 0.1) is 0 Å². The monoisotopic (exact) mass is 548 g/mol. The van der Waals surface area contributed by atoms with E-state index in [2.05, 4.69) is 155 Å². The number of rotatable bonds is 2. The first-order valence-corrected chi connectivity index (χ1v) is 14.7. The molecule has 0 saturated heterocycles. The maximum Gasteiger partial charge on any atom is 0.152 e. The van der Waals surface area contributed by atoms with Gasteiger partial charge in [-0.25, -0.2) is 0 Å². The van der Waals surface area contributed by atoms with Gasteiger partial charge in [0, 0.05) is 32.6 Å². The van der Waals surface area contributed by atoms with Crippen LogP contribution in [0.3, 0.4) is 0 Å². The zero-order valence-corrected chi connectivity index (χ0v) is 23.2. The number of hydrogen-bond acceptors (Lipinski definition) is 1. The molecule has 7 aromatic carbocycles. The molecule has 0 saturated carbocycles. The summed E-state index contributed by atoms with van der Waals surface area (Å²) in [6, 6.07) is 52.3. The number of para-hydroxylation sites is 3. The van der Waals surface area contributed by atoms with Crippen LogP contribution < -0.4 is 4.74 Å². The van der Waals surface area contributed by atoms with E-state index in [9.17, 15) is 0 Å². The first-order valence-electron chi connectivity index (χ1n) is 14.7. The minimum absolute atomic E-state index is 0.874. The SMILES string of the molecule is c1ccc2c(c1)ccc1c3ccccc3n(-c3ccc(-c4ccc5c(c4)-n4c6ccccc6c6cccc(c64)O5)cc3)c21. The Morgan fingerprint density at radius 2 is 1.05 bits per heavy atom. The third kappa shape index (κ3) is 3.08. The second-order valence-corrected chi connectivity index (χ2v) is 11.4. The predicted octanol–water partition coefficient (Wildman–Crippen LogP) is 10.8. The highest BCUT2D eigenvalue weighted by molar-refractivity contribution is 6.18. The van der Waals surface area contributed by atoms with Crippen LogP contribution in [0.1, 0.15) is 0 Å². The van der Waals surface area contributed by atoms with Crippen LogP contribution in [-0.4, -0.2) is 9.13 Å². The van der Waals surface area contributed by atoms with Gasteiger partial charge in [-0.2, -0.15) is 0 Å². The van der Waals surface area contributed by atoms with Gasteiger partial charge in [0.15, 0.2) is 11.5 Å². The molecule has 43 heavy (non-hydrogen) atoms. The molecule has 0 N–H and O–H groups in total. The molecule has 3 heteroatoms. The lowest BCUT2D eigenvalue weighted by atomic mass is 10.0. The van der Waals surface area contributed by atoms with Gasteiger partial charge in [0.1, 0.15) is 0 Å². The summed E-state index contributed by atoms with van der Waals surface area (Å²) < 4.78 is 11.2. The first-order chi connectivity index (χ1) is 21.3. The van der Waals surface area contributed by atoms with Crippen LogP contribution in [0.4, 0.5) is 0 Å². The maximum atomic E-state index is 6.43. The smallest absolute Gasteiger partial charge is 0.152 e. The number of fused-ring (bicyclic) bond motifs is 10. The van der Waals surface area contributed by atoms with E-state index in [1.807, 2.05) is 0 Å². The summed E-state index contributed by atoms with van der Waals surface area (Å²) in [5.74, 6) is 1.77. The highest BCUT2D eigenvalue weighted by Gasteiger charge is 2.24. The molecule has 1 aliphatic heterocycles. The highest BCUT2D eigenvalue weighted by Crippen LogP contribution is 2.46. The van der Waals surface area contributed by atoms with Gasteiger partial charge in [-0.05, 0) is 59.0 Å². The predicted molar refractivity (Wildman–Crippen MR) is 178 cm³/mol. The molecule has 2 aromatic heterocycles. The van der Waals surface area contributed by atoms with Crippen molar-refractivity contribution in [2.45, 2.75) is 0 Å². The number of aromatic nitrogens is 2. The normalized spacial score (nSPS) is 12.4. The fourth-order valence-corrected chi connectivity index (χ4v) is 7.20. The van der Waals surface area contributed by atoms with E-state index < -0.39 is 0 Å². The third-order valence-corrected chi connectivity index (χ3v) is 9.10. The minimum atomic E-state index is 0.874. The molecule has 0 unspecified atom stereocenters. The van der Waals surface area contributed by atoms with Crippen molar-refractivity contribution in [3.05, 3.63) is 146 Å². The molecular formula is C40H24N2O. The Morgan fingerprint density at radius 3 is 1.86 bits per heavy atom. The largest absolute Gasteiger partial charge is 0.453 e. The third-order valence-electron chi connectivity index (χ3n) is 9.10. The Hall–Kier alpha value is -5.80. The molecule has 0 spiro atoms. The van der Waals surface area contributed by atoms with Crippen molar-refractivity contribution < 1.29 is 4.74 Å². The van der Waals surface area contributed by atoms with Crippen LogP contribution in [-0.2, 0) is 0 Å². The zero-order chi connectivity index (χ0) is 28.1. The van der Waals surface area contributed by atoms with Crippen LogP contribution in [0.2, 0.25) is 0 Å². The molecule has 10 rings (SSSR count). The Morgan fingerprint density at radius 1 is 0.395 bits per heavy atom. The van der Waals surface area contributed by atoms with Crippen molar-refractivity contribution in [3.63, 3.8) is 0 Å². The molecule has 0 bridgehead atoms. The molecule has 9 aromatic rings.